The number of para-hydroxylation sites is 1. The Labute approximate surface area is 183 Å². The van der Waals surface area contributed by atoms with Gasteiger partial charge in [-0.3, -0.25) is 14.4 Å². The molecule has 3 aromatic rings. The highest BCUT2D eigenvalue weighted by Crippen LogP contribution is 2.28. The molecule has 0 aliphatic rings. The van der Waals surface area contributed by atoms with Gasteiger partial charge in [0.1, 0.15) is 5.75 Å². The maximum absolute atomic E-state index is 13.2. The number of non-ortho nitro benzene ring substituents is 1. The van der Waals surface area contributed by atoms with E-state index in [1.807, 2.05) is 0 Å². The number of hydrogen-bond acceptors (Lipinski definition) is 6. The number of ether oxygens (including phenoxy) is 1. The third-order valence-electron chi connectivity index (χ3n) is 4.32. The van der Waals surface area contributed by atoms with Crippen LogP contribution in [0.15, 0.2) is 77.7 Å². The van der Waals surface area contributed by atoms with Crippen molar-refractivity contribution in [3.05, 3.63) is 93.5 Å². The molecular formula is C21H17ClN2O6S. The Bertz CT molecular complexity index is 1230. The zero-order chi connectivity index (χ0) is 22.6. The van der Waals surface area contributed by atoms with Gasteiger partial charge in [-0.05, 0) is 43.3 Å². The third-order valence-corrected chi connectivity index (χ3v) is 6.54. The molecule has 0 spiro atoms. The van der Waals surface area contributed by atoms with Gasteiger partial charge in [-0.1, -0.05) is 35.9 Å². The van der Waals surface area contributed by atoms with Crippen molar-refractivity contribution in [3.63, 3.8) is 0 Å². The maximum atomic E-state index is 13.2. The average Bonchev–Trinajstić information content (AvgIpc) is 2.75. The molecule has 8 nitrogen and oxygen atoms in total. The number of nitro benzene ring substituents is 1. The topological polar surface area (TPSA) is 107 Å². The van der Waals surface area contributed by atoms with Crippen LogP contribution in [0.5, 0.6) is 5.75 Å². The first-order valence-electron chi connectivity index (χ1n) is 9.08. The van der Waals surface area contributed by atoms with Gasteiger partial charge in [0.25, 0.3) is 15.7 Å². The molecule has 10 heteroatoms. The van der Waals surface area contributed by atoms with E-state index in [1.165, 1.54) is 34.6 Å². The molecule has 0 heterocycles. The van der Waals surface area contributed by atoms with Crippen molar-refractivity contribution in [3.8, 4) is 5.75 Å². The summed E-state index contributed by atoms with van der Waals surface area (Å²) in [5, 5.41) is 10.9. The van der Waals surface area contributed by atoms with Crippen molar-refractivity contribution in [1.29, 1.82) is 0 Å². The van der Waals surface area contributed by atoms with Crippen LogP contribution in [0.3, 0.4) is 0 Å². The Hall–Kier alpha value is -3.43. The summed E-state index contributed by atoms with van der Waals surface area (Å²) in [6, 6.07) is 17.3. The van der Waals surface area contributed by atoms with Crippen LogP contribution in [0.25, 0.3) is 0 Å². The normalized spacial score (nSPS) is 11.0. The SMILES string of the molecule is CCN(c1ccccc1)S(=O)(=O)c1ccc(Cl)c(C(=O)Oc2cccc([N+](=O)[O-])c2)c1. The van der Waals surface area contributed by atoms with Gasteiger partial charge in [-0.15, -0.1) is 0 Å². The van der Waals surface area contributed by atoms with E-state index < -0.39 is 20.9 Å². The molecule has 0 amide bonds. The van der Waals surface area contributed by atoms with Crippen LogP contribution >= 0.6 is 11.6 Å². The number of benzene rings is 3. The fourth-order valence-corrected chi connectivity index (χ4v) is 4.55. The molecule has 0 bridgehead atoms. The minimum Gasteiger partial charge on any atom is -0.423 e. The Morgan fingerprint density at radius 1 is 1.06 bits per heavy atom. The number of carbonyl (C=O) groups is 1. The first-order chi connectivity index (χ1) is 14.7. The Balaban J connectivity index is 1.95. The lowest BCUT2D eigenvalue weighted by atomic mass is 10.2. The zero-order valence-electron chi connectivity index (χ0n) is 16.3. The highest BCUT2D eigenvalue weighted by molar-refractivity contribution is 7.92. The van der Waals surface area contributed by atoms with E-state index >= 15 is 0 Å². The van der Waals surface area contributed by atoms with Crippen LogP contribution in [0.4, 0.5) is 11.4 Å². The molecule has 0 saturated heterocycles. The Morgan fingerprint density at radius 3 is 2.42 bits per heavy atom. The van der Waals surface area contributed by atoms with Crippen molar-refractivity contribution < 1.29 is 22.9 Å². The van der Waals surface area contributed by atoms with Gasteiger partial charge in [0.05, 0.1) is 32.2 Å². The van der Waals surface area contributed by atoms with Crippen molar-refractivity contribution in [2.75, 3.05) is 10.8 Å². The molecule has 31 heavy (non-hydrogen) atoms. The van der Waals surface area contributed by atoms with E-state index in [9.17, 15) is 23.3 Å². The van der Waals surface area contributed by atoms with Crippen molar-refractivity contribution in [2.45, 2.75) is 11.8 Å². The molecule has 0 N–H and O–H groups in total. The van der Waals surface area contributed by atoms with Crippen molar-refractivity contribution in [2.24, 2.45) is 0 Å². The van der Waals surface area contributed by atoms with Crippen LogP contribution < -0.4 is 9.04 Å². The molecule has 0 unspecified atom stereocenters. The lowest BCUT2D eigenvalue weighted by molar-refractivity contribution is -0.384. The summed E-state index contributed by atoms with van der Waals surface area (Å²) in [6.45, 7) is 1.86. The van der Waals surface area contributed by atoms with Crippen molar-refractivity contribution >= 4 is 39.0 Å². The summed E-state index contributed by atoms with van der Waals surface area (Å²) >= 11 is 6.10. The molecule has 3 rings (SSSR count). The maximum Gasteiger partial charge on any atom is 0.345 e. The summed E-state index contributed by atoms with van der Waals surface area (Å²) in [6.07, 6.45) is 0. The van der Waals surface area contributed by atoms with Crippen LogP contribution in [-0.4, -0.2) is 25.9 Å². The number of rotatable bonds is 7. The van der Waals surface area contributed by atoms with E-state index in [0.29, 0.717) is 5.69 Å². The van der Waals surface area contributed by atoms with Gasteiger partial charge in [-0.2, -0.15) is 0 Å². The minimum atomic E-state index is -3.99. The monoisotopic (exact) mass is 460 g/mol. The second-order valence-corrected chi connectivity index (χ2v) is 8.56. The number of esters is 1. The Kier molecular flexibility index (Phi) is 6.57. The minimum absolute atomic E-state index is 0.0165. The van der Waals surface area contributed by atoms with Gasteiger partial charge in [-0.25, -0.2) is 13.2 Å². The number of anilines is 1. The highest BCUT2D eigenvalue weighted by Gasteiger charge is 2.26. The number of nitro groups is 1. The number of hydrogen-bond donors (Lipinski definition) is 0. The molecular weight excluding hydrogens is 444 g/mol. The smallest absolute Gasteiger partial charge is 0.345 e. The van der Waals surface area contributed by atoms with Gasteiger partial charge in [0.15, 0.2) is 0 Å². The largest absolute Gasteiger partial charge is 0.423 e. The van der Waals surface area contributed by atoms with E-state index in [-0.39, 0.29) is 33.5 Å². The number of nitrogens with zero attached hydrogens (tertiary/aromatic N) is 2. The second-order valence-electron chi connectivity index (χ2n) is 6.29. The molecule has 3 aromatic carbocycles. The average molecular weight is 461 g/mol. The summed E-state index contributed by atoms with van der Waals surface area (Å²) in [7, 11) is -3.99. The lowest BCUT2D eigenvalue weighted by Gasteiger charge is -2.23. The molecule has 0 aromatic heterocycles. The van der Waals surface area contributed by atoms with E-state index in [2.05, 4.69) is 0 Å². The predicted octanol–water partition coefficient (Wildman–Crippen LogP) is 4.68. The number of carbonyl (C=O) groups excluding carboxylic acids is 1. The number of sulfonamides is 1. The molecule has 0 aliphatic heterocycles. The molecule has 0 fully saturated rings. The van der Waals surface area contributed by atoms with Gasteiger partial charge in [0, 0.05) is 12.6 Å². The molecule has 160 valence electrons. The van der Waals surface area contributed by atoms with E-state index in [4.69, 9.17) is 16.3 Å². The van der Waals surface area contributed by atoms with Crippen LogP contribution in [-0.2, 0) is 10.0 Å². The number of halogens is 1. The first kappa shape index (κ1) is 22.3. The molecule has 0 atom stereocenters. The molecule has 0 saturated carbocycles. The van der Waals surface area contributed by atoms with Gasteiger partial charge >= 0.3 is 5.97 Å². The molecule has 0 aliphatic carbocycles. The zero-order valence-corrected chi connectivity index (χ0v) is 17.8. The first-order valence-corrected chi connectivity index (χ1v) is 10.9. The fourth-order valence-electron chi connectivity index (χ4n) is 2.86. The molecule has 0 radical (unpaired) electrons. The van der Waals surface area contributed by atoms with Crippen LogP contribution in [0.1, 0.15) is 17.3 Å². The standard InChI is InChI=1S/C21H17ClN2O6S/c1-2-23(15-7-4-3-5-8-15)31(28,29)18-11-12-20(22)19(14-18)21(25)30-17-10-6-9-16(13-17)24(26)27/h3-14H,2H2,1H3. The van der Waals surface area contributed by atoms with Crippen LogP contribution in [0, 0.1) is 10.1 Å². The predicted molar refractivity (Wildman–Crippen MR) is 116 cm³/mol. The van der Waals surface area contributed by atoms with Gasteiger partial charge in [0.2, 0.25) is 0 Å². The highest BCUT2D eigenvalue weighted by atomic mass is 35.5. The second kappa shape index (κ2) is 9.15. The van der Waals surface area contributed by atoms with E-state index in [1.54, 1.807) is 37.3 Å². The van der Waals surface area contributed by atoms with E-state index in [0.717, 1.165) is 12.1 Å². The van der Waals surface area contributed by atoms with Crippen molar-refractivity contribution in [1.82, 2.24) is 0 Å². The summed E-state index contributed by atoms with van der Waals surface area (Å²) in [5.41, 5.74) is 0.0354. The lowest BCUT2D eigenvalue weighted by Crippen LogP contribution is -2.31. The van der Waals surface area contributed by atoms with Gasteiger partial charge < -0.3 is 4.74 Å². The van der Waals surface area contributed by atoms with Crippen LogP contribution in [0.2, 0.25) is 5.02 Å². The Morgan fingerprint density at radius 2 is 1.77 bits per heavy atom. The summed E-state index contributed by atoms with van der Waals surface area (Å²) in [5.74, 6) is -1.01. The summed E-state index contributed by atoms with van der Waals surface area (Å²) in [4.78, 5) is 22.8. The third kappa shape index (κ3) is 4.84. The fraction of sp³-hybridized carbons (Fsp3) is 0.0952. The quantitative estimate of drug-likeness (QED) is 0.219. The summed E-state index contributed by atoms with van der Waals surface area (Å²) < 4.78 is 32.7.